The fraction of sp³-hybridized carbons (Fsp3) is 0.231. The van der Waals surface area contributed by atoms with E-state index in [-0.39, 0.29) is 0 Å². The summed E-state index contributed by atoms with van der Waals surface area (Å²) in [5, 5.41) is 0.508. The summed E-state index contributed by atoms with van der Waals surface area (Å²) in [4.78, 5) is 8.73. The smallest absolute Gasteiger partial charge is 0.224 e. The third-order valence-electron chi connectivity index (χ3n) is 2.92. The zero-order valence-corrected chi connectivity index (χ0v) is 12.8. The van der Waals surface area contributed by atoms with Gasteiger partial charge >= 0.3 is 0 Å². The number of benzene rings is 1. The van der Waals surface area contributed by atoms with E-state index in [1.165, 1.54) is 0 Å². The summed E-state index contributed by atoms with van der Waals surface area (Å²) >= 11 is 9.48. The molecule has 0 spiro atoms. The summed E-state index contributed by atoms with van der Waals surface area (Å²) < 4.78 is 6.62. The summed E-state index contributed by atoms with van der Waals surface area (Å²) in [5.74, 6) is 8.09. The van der Waals surface area contributed by atoms with Gasteiger partial charge in [-0.2, -0.15) is 4.98 Å². The lowest BCUT2D eigenvalue weighted by Gasteiger charge is -2.10. The highest BCUT2D eigenvalue weighted by atomic mass is 79.9. The average Bonchev–Trinajstić information content (AvgIpc) is 3.26. The predicted molar refractivity (Wildman–Crippen MR) is 81.0 cm³/mol. The van der Waals surface area contributed by atoms with E-state index in [0.717, 1.165) is 23.1 Å². The van der Waals surface area contributed by atoms with E-state index in [4.69, 9.17) is 22.2 Å². The van der Waals surface area contributed by atoms with Gasteiger partial charge in [0.1, 0.15) is 17.4 Å². The van der Waals surface area contributed by atoms with Crippen LogP contribution in [0.5, 0.6) is 11.6 Å². The van der Waals surface area contributed by atoms with Gasteiger partial charge in [0.2, 0.25) is 5.88 Å². The molecule has 20 heavy (non-hydrogen) atoms. The topological polar surface area (TPSA) is 73.1 Å². The molecule has 0 radical (unpaired) electrons. The molecule has 0 saturated heterocycles. The first-order valence-corrected chi connectivity index (χ1v) is 7.31. The Bertz CT molecular complexity index is 648. The number of hydrogen-bond donors (Lipinski definition) is 2. The maximum atomic E-state index is 6.13. The van der Waals surface area contributed by atoms with Crippen molar-refractivity contribution < 1.29 is 4.74 Å². The zero-order chi connectivity index (χ0) is 14.1. The van der Waals surface area contributed by atoms with Gasteiger partial charge < -0.3 is 10.2 Å². The van der Waals surface area contributed by atoms with E-state index < -0.39 is 0 Å². The van der Waals surface area contributed by atoms with Crippen LogP contribution in [0.25, 0.3) is 0 Å². The number of nitrogens with zero attached hydrogens (tertiary/aromatic N) is 2. The molecular weight excluding hydrogens is 344 g/mol. The van der Waals surface area contributed by atoms with Crippen LogP contribution in [0.1, 0.15) is 24.6 Å². The molecule has 1 aliphatic rings. The fourth-order valence-electron chi connectivity index (χ4n) is 1.76. The summed E-state index contributed by atoms with van der Waals surface area (Å²) in [5.41, 5.74) is 2.53. The van der Waals surface area contributed by atoms with Gasteiger partial charge in [-0.05, 0) is 31.0 Å². The molecule has 1 saturated carbocycles. The number of rotatable bonds is 4. The highest BCUT2D eigenvalue weighted by molar-refractivity contribution is 9.10. The van der Waals surface area contributed by atoms with Crippen LogP contribution in [0.2, 0.25) is 5.02 Å². The van der Waals surface area contributed by atoms with Crippen LogP contribution in [-0.4, -0.2) is 9.97 Å². The van der Waals surface area contributed by atoms with Gasteiger partial charge in [0.25, 0.3) is 0 Å². The van der Waals surface area contributed by atoms with Crippen molar-refractivity contribution in [2.24, 2.45) is 5.84 Å². The lowest BCUT2D eigenvalue weighted by molar-refractivity contribution is 0.459. The van der Waals surface area contributed by atoms with Gasteiger partial charge in [-0.1, -0.05) is 27.5 Å². The van der Waals surface area contributed by atoms with E-state index in [0.29, 0.717) is 28.4 Å². The number of aromatic nitrogens is 2. The summed E-state index contributed by atoms with van der Waals surface area (Å²) in [6, 6.07) is 7.04. The van der Waals surface area contributed by atoms with Gasteiger partial charge in [-0.25, -0.2) is 10.8 Å². The minimum Gasteiger partial charge on any atom is -0.437 e. The second-order valence-corrected chi connectivity index (χ2v) is 5.87. The van der Waals surface area contributed by atoms with Crippen molar-refractivity contribution in [2.45, 2.75) is 18.8 Å². The number of ether oxygens (including phenoxy) is 1. The summed E-state index contributed by atoms with van der Waals surface area (Å²) in [6.45, 7) is 0. The molecule has 2 aromatic rings. The van der Waals surface area contributed by atoms with Crippen molar-refractivity contribution in [1.29, 1.82) is 0 Å². The standard InChI is InChI=1S/C13H12BrClN4O/c14-8-3-4-10(9(15)5-8)20-12-6-11(19-16)17-13(18-12)7-1-2-7/h3-7H,1-2,16H2,(H,17,18,19). The highest BCUT2D eigenvalue weighted by Gasteiger charge is 2.27. The molecule has 1 aromatic heterocycles. The Hall–Kier alpha value is -1.37. The average molecular weight is 356 g/mol. The van der Waals surface area contributed by atoms with Crippen molar-refractivity contribution >= 4 is 33.3 Å². The monoisotopic (exact) mass is 354 g/mol. The molecule has 0 amide bonds. The molecule has 5 nitrogen and oxygen atoms in total. The molecule has 1 heterocycles. The van der Waals surface area contributed by atoms with Crippen LogP contribution in [0.4, 0.5) is 5.82 Å². The molecule has 3 rings (SSSR count). The third kappa shape index (κ3) is 3.03. The normalized spacial score (nSPS) is 14.2. The Morgan fingerprint density at radius 3 is 2.75 bits per heavy atom. The largest absolute Gasteiger partial charge is 0.437 e. The minimum absolute atomic E-state index is 0.408. The fourth-order valence-corrected chi connectivity index (χ4v) is 2.48. The lowest BCUT2D eigenvalue weighted by atomic mass is 10.3. The second-order valence-electron chi connectivity index (χ2n) is 4.55. The lowest BCUT2D eigenvalue weighted by Crippen LogP contribution is -2.10. The third-order valence-corrected chi connectivity index (χ3v) is 3.71. The Morgan fingerprint density at radius 1 is 1.30 bits per heavy atom. The van der Waals surface area contributed by atoms with Crippen LogP contribution >= 0.6 is 27.5 Å². The van der Waals surface area contributed by atoms with E-state index in [1.54, 1.807) is 18.2 Å². The number of nitrogens with one attached hydrogen (secondary N) is 1. The number of hydrazine groups is 1. The molecule has 104 valence electrons. The maximum absolute atomic E-state index is 6.13. The maximum Gasteiger partial charge on any atom is 0.224 e. The Labute approximate surface area is 129 Å². The van der Waals surface area contributed by atoms with Gasteiger partial charge in [0, 0.05) is 16.5 Å². The summed E-state index contributed by atoms with van der Waals surface area (Å²) in [7, 11) is 0. The molecule has 0 atom stereocenters. The molecule has 7 heteroatoms. The molecule has 3 N–H and O–H groups in total. The molecular formula is C13H12BrClN4O. The number of nitrogens with two attached hydrogens (primary N) is 1. The van der Waals surface area contributed by atoms with Crippen molar-refractivity contribution in [1.82, 2.24) is 9.97 Å². The van der Waals surface area contributed by atoms with E-state index in [9.17, 15) is 0 Å². The number of nitrogen functional groups attached to an aromatic ring is 1. The first-order valence-electron chi connectivity index (χ1n) is 6.14. The number of anilines is 1. The van der Waals surface area contributed by atoms with Gasteiger partial charge in [0.05, 0.1) is 5.02 Å². The van der Waals surface area contributed by atoms with Crippen LogP contribution in [-0.2, 0) is 0 Å². The van der Waals surface area contributed by atoms with Crippen molar-refractivity contribution in [3.63, 3.8) is 0 Å². The molecule has 1 fully saturated rings. The van der Waals surface area contributed by atoms with Gasteiger partial charge in [0.15, 0.2) is 0 Å². The van der Waals surface area contributed by atoms with E-state index in [1.807, 2.05) is 6.07 Å². The number of halogens is 2. The van der Waals surface area contributed by atoms with Crippen molar-refractivity contribution in [3.05, 3.63) is 39.6 Å². The Morgan fingerprint density at radius 2 is 2.10 bits per heavy atom. The van der Waals surface area contributed by atoms with E-state index >= 15 is 0 Å². The number of hydrogen-bond acceptors (Lipinski definition) is 5. The van der Waals surface area contributed by atoms with E-state index in [2.05, 4.69) is 31.3 Å². The molecule has 0 aliphatic heterocycles. The van der Waals surface area contributed by atoms with Crippen molar-refractivity contribution in [2.75, 3.05) is 5.43 Å². The molecule has 1 aliphatic carbocycles. The molecule has 0 bridgehead atoms. The highest BCUT2D eigenvalue weighted by Crippen LogP contribution is 2.39. The Balaban J connectivity index is 1.91. The minimum atomic E-state index is 0.408. The van der Waals surface area contributed by atoms with Crippen LogP contribution in [0, 0.1) is 0 Å². The van der Waals surface area contributed by atoms with Gasteiger partial charge in [-0.15, -0.1) is 0 Å². The van der Waals surface area contributed by atoms with Crippen molar-refractivity contribution in [3.8, 4) is 11.6 Å². The first-order chi connectivity index (χ1) is 9.65. The zero-order valence-electron chi connectivity index (χ0n) is 10.4. The quantitative estimate of drug-likeness (QED) is 0.644. The first kappa shape index (κ1) is 13.6. The molecule has 1 aromatic carbocycles. The van der Waals surface area contributed by atoms with Crippen LogP contribution in [0.15, 0.2) is 28.7 Å². The molecule has 0 unspecified atom stereocenters. The van der Waals surface area contributed by atoms with Crippen LogP contribution < -0.4 is 16.0 Å². The van der Waals surface area contributed by atoms with Crippen LogP contribution in [0.3, 0.4) is 0 Å². The Kier molecular flexibility index (Phi) is 3.78. The SMILES string of the molecule is NNc1cc(Oc2ccc(Br)cc2Cl)nc(C2CC2)n1. The van der Waals surface area contributed by atoms with Gasteiger partial charge in [-0.3, -0.25) is 0 Å². The summed E-state index contributed by atoms with van der Waals surface area (Å²) in [6.07, 6.45) is 2.21. The second kappa shape index (κ2) is 5.55. The predicted octanol–water partition coefficient (Wildman–Crippen LogP) is 3.85.